The van der Waals surface area contributed by atoms with Crippen molar-refractivity contribution in [1.29, 1.82) is 0 Å². The first-order chi connectivity index (χ1) is 17.8. The minimum absolute atomic E-state index is 0.0529. The zero-order valence-corrected chi connectivity index (χ0v) is 22.8. The van der Waals surface area contributed by atoms with E-state index in [4.69, 9.17) is 14.2 Å². The predicted octanol–water partition coefficient (Wildman–Crippen LogP) is 1.41. The number of aliphatic hydroxyl groups is 4. The fourth-order valence-electron chi connectivity index (χ4n) is 10.0. The van der Waals surface area contributed by atoms with Crippen LogP contribution >= 0.6 is 0 Å². The van der Waals surface area contributed by atoms with Crippen molar-refractivity contribution >= 4 is 11.8 Å². The Morgan fingerprint density at radius 3 is 2.47 bits per heavy atom. The standard InChI is InChI=1S/C29H40O9/c1-14-15(2)24(33)37-22(14)23-16(3)27(34)10-8-18-17-11-21(32)28(35)9-6-7-20(31)26(28,13-30)19(17)12-29(36-5,38-23)25(18,27)4/h6-7,16-19,21-23,30,32,34-35H,8-13H2,1-5H3. The number of methoxy groups -OCH3 is 1. The van der Waals surface area contributed by atoms with E-state index in [0.29, 0.717) is 18.4 Å². The number of hydrogen-bond acceptors (Lipinski definition) is 9. The molecule has 0 spiro atoms. The van der Waals surface area contributed by atoms with E-state index in [-0.39, 0.29) is 31.1 Å². The van der Waals surface area contributed by atoms with E-state index in [1.807, 2.05) is 20.8 Å². The summed E-state index contributed by atoms with van der Waals surface area (Å²) in [5.41, 5.74) is -4.34. The van der Waals surface area contributed by atoms with Gasteiger partial charge in [-0.15, -0.1) is 0 Å². The molecule has 0 radical (unpaired) electrons. The highest BCUT2D eigenvalue weighted by atomic mass is 16.7. The summed E-state index contributed by atoms with van der Waals surface area (Å²) in [4.78, 5) is 26.1. The molecule has 12 atom stereocenters. The van der Waals surface area contributed by atoms with Gasteiger partial charge in [0.25, 0.3) is 0 Å². The molecule has 12 unspecified atom stereocenters. The van der Waals surface area contributed by atoms with Gasteiger partial charge in [0, 0.05) is 25.0 Å². The quantitative estimate of drug-likeness (QED) is 0.397. The summed E-state index contributed by atoms with van der Waals surface area (Å²) in [6.45, 7) is 6.84. The van der Waals surface area contributed by atoms with E-state index in [0.717, 1.165) is 5.57 Å². The number of allylic oxidation sites excluding steroid dienone is 1. The molecule has 9 nitrogen and oxygen atoms in total. The highest BCUT2D eigenvalue weighted by molar-refractivity contribution is 5.97. The van der Waals surface area contributed by atoms with Crippen LogP contribution in [0.4, 0.5) is 0 Å². The lowest BCUT2D eigenvalue weighted by Gasteiger charge is -2.70. The number of aliphatic hydroxyl groups excluding tert-OH is 2. The summed E-state index contributed by atoms with van der Waals surface area (Å²) in [7, 11) is 1.53. The molecule has 0 aromatic heterocycles. The Morgan fingerprint density at radius 1 is 1.16 bits per heavy atom. The van der Waals surface area contributed by atoms with Crippen molar-refractivity contribution in [3.63, 3.8) is 0 Å². The maximum Gasteiger partial charge on any atom is 0.334 e. The molecule has 6 aliphatic rings. The average molecular weight is 533 g/mol. The number of carbonyl (C=O) groups excluding carboxylic acids is 2. The number of hydrogen-bond donors (Lipinski definition) is 4. The predicted molar refractivity (Wildman–Crippen MR) is 133 cm³/mol. The number of cyclic esters (lactones) is 1. The van der Waals surface area contributed by atoms with Gasteiger partial charge in [0.1, 0.15) is 11.7 Å². The summed E-state index contributed by atoms with van der Waals surface area (Å²) in [6, 6.07) is 0. The lowest BCUT2D eigenvalue weighted by Crippen LogP contribution is -2.79. The van der Waals surface area contributed by atoms with Crippen LogP contribution in [0.3, 0.4) is 0 Å². The Hall–Kier alpha value is -1.62. The fourth-order valence-corrected chi connectivity index (χ4v) is 10.0. The van der Waals surface area contributed by atoms with Crippen LogP contribution in [0.5, 0.6) is 0 Å². The number of rotatable bonds is 3. The van der Waals surface area contributed by atoms with Crippen molar-refractivity contribution in [2.75, 3.05) is 13.7 Å². The van der Waals surface area contributed by atoms with Gasteiger partial charge < -0.3 is 34.6 Å². The first-order valence-electron chi connectivity index (χ1n) is 13.9. The molecular weight excluding hydrogens is 492 g/mol. The van der Waals surface area contributed by atoms with E-state index in [1.54, 1.807) is 13.0 Å². The summed E-state index contributed by atoms with van der Waals surface area (Å²) in [5, 5.41) is 46.5. The average Bonchev–Trinajstić information content (AvgIpc) is 3.31. The molecule has 6 rings (SSSR count). The third-order valence-electron chi connectivity index (χ3n) is 12.4. The molecule has 0 amide bonds. The Morgan fingerprint density at radius 2 is 1.87 bits per heavy atom. The fraction of sp³-hybridized carbons (Fsp3) is 0.793. The Labute approximate surface area is 222 Å². The highest BCUT2D eigenvalue weighted by Gasteiger charge is 2.81. The maximum absolute atomic E-state index is 13.6. The molecule has 0 aromatic rings. The molecule has 9 heteroatoms. The number of ether oxygens (including phenoxy) is 3. The zero-order valence-electron chi connectivity index (χ0n) is 22.8. The topological polar surface area (TPSA) is 143 Å². The van der Waals surface area contributed by atoms with Crippen molar-refractivity contribution in [2.24, 2.45) is 34.5 Å². The van der Waals surface area contributed by atoms with Crippen molar-refractivity contribution in [3.8, 4) is 0 Å². The molecular formula is C29H40O9. The number of fused-ring (bicyclic) bond motifs is 4. The summed E-state index contributed by atoms with van der Waals surface area (Å²) >= 11 is 0. The number of carbonyl (C=O) groups is 2. The van der Waals surface area contributed by atoms with Gasteiger partial charge in [-0.3, -0.25) is 4.79 Å². The molecule has 4 aliphatic carbocycles. The number of esters is 1. The van der Waals surface area contributed by atoms with E-state index in [2.05, 4.69) is 0 Å². The largest absolute Gasteiger partial charge is 0.452 e. The van der Waals surface area contributed by atoms with Crippen LogP contribution in [0.25, 0.3) is 0 Å². The van der Waals surface area contributed by atoms with Crippen LogP contribution in [0, 0.1) is 34.5 Å². The van der Waals surface area contributed by atoms with Crippen molar-refractivity contribution in [3.05, 3.63) is 23.3 Å². The van der Waals surface area contributed by atoms with Gasteiger partial charge in [0.15, 0.2) is 17.7 Å². The molecule has 4 N–H and O–H groups in total. The Bertz CT molecular complexity index is 1150. The van der Waals surface area contributed by atoms with Crippen LogP contribution < -0.4 is 0 Å². The van der Waals surface area contributed by atoms with E-state index >= 15 is 0 Å². The first-order valence-corrected chi connectivity index (χ1v) is 13.9. The van der Waals surface area contributed by atoms with Gasteiger partial charge in [0.05, 0.1) is 29.1 Å². The minimum atomic E-state index is -1.83. The normalized spacial score (nSPS) is 55.4. The SMILES string of the molecule is COC12CC3C(CC(O)C4(O)CC=CC(=O)C34CO)C3CCC(O)(C(C)C(C4OC(=O)C(C)=C4C)O1)C32C. The van der Waals surface area contributed by atoms with Gasteiger partial charge >= 0.3 is 5.97 Å². The summed E-state index contributed by atoms with van der Waals surface area (Å²) in [5.74, 6) is -3.66. The Balaban J connectivity index is 1.52. The second-order valence-corrected chi connectivity index (χ2v) is 13.0. The van der Waals surface area contributed by atoms with E-state index in [1.165, 1.54) is 13.2 Å². The third-order valence-corrected chi connectivity index (χ3v) is 12.4. The lowest BCUT2D eigenvalue weighted by molar-refractivity contribution is -0.426. The molecule has 4 fully saturated rings. The third kappa shape index (κ3) is 2.64. The van der Waals surface area contributed by atoms with E-state index < -0.39 is 76.3 Å². The van der Waals surface area contributed by atoms with Gasteiger partial charge in [0.2, 0.25) is 0 Å². The van der Waals surface area contributed by atoms with Crippen molar-refractivity contribution in [1.82, 2.24) is 0 Å². The van der Waals surface area contributed by atoms with Crippen LogP contribution in [0.2, 0.25) is 0 Å². The molecule has 2 aliphatic heterocycles. The molecule has 0 bridgehead atoms. The number of ketones is 1. The smallest absolute Gasteiger partial charge is 0.334 e. The van der Waals surface area contributed by atoms with Crippen LogP contribution in [0.15, 0.2) is 23.3 Å². The van der Waals surface area contributed by atoms with E-state index in [9.17, 15) is 30.0 Å². The molecule has 3 saturated carbocycles. The minimum Gasteiger partial charge on any atom is -0.452 e. The summed E-state index contributed by atoms with van der Waals surface area (Å²) in [6.07, 6.45) is 1.85. The van der Waals surface area contributed by atoms with Gasteiger partial charge in [-0.1, -0.05) is 19.9 Å². The lowest BCUT2D eigenvalue weighted by atomic mass is 9.40. The van der Waals surface area contributed by atoms with Gasteiger partial charge in [-0.2, -0.15) is 0 Å². The monoisotopic (exact) mass is 532 g/mol. The van der Waals surface area contributed by atoms with Crippen LogP contribution in [-0.2, 0) is 23.8 Å². The molecule has 38 heavy (non-hydrogen) atoms. The van der Waals surface area contributed by atoms with Crippen LogP contribution in [-0.4, -0.2) is 81.2 Å². The molecule has 0 aromatic carbocycles. The molecule has 2 heterocycles. The second-order valence-electron chi connectivity index (χ2n) is 13.0. The van der Waals surface area contributed by atoms with Gasteiger partial charge in [-0.05, 0) is 68.9 Å². The summed E-state index contributed by atoms with van der Waals surface area (Å²) < 4.78 is 18.9. The zero-order chi connectivity index (χ0) is 27.6. The highest BCUT2D eigenvalue weighted by Crippen LogP contribution is 2.74. The molecule has 210 valence electrons. The van der Waals surface area contributed by atoms with Crippen molar-refractivity contribution < 1.29 is 44.2 Å². The van der Waals surface area contributed by atoms with Crippen molar-refractivity contribution in [2.45, 2.75) is 95.1 Å². The van der Waals surface area contributed by atoms with Crippen LogP contribution in [0.1, 0.15) is 59.8 Å². The first kappa shape index (κ1) is 26.6. The second kappa shape index (κ2) is 7.98. The molecule has 1 saturated heterocycles. The maximum atomic E-state index is 13.6. The Kier molecular flexibility index (Phi) is 5.59. The van der Waals surface area contributed by atoms with Gasteiger partial charge in [-0.25, -0.2) is 4.79 Å².